The lowest BCUT2D eigenvalue weighted by Crippen LogP contribution is -2.46. The van der Waals surface area contributed by atoms with Crippen LogP contribution in [0.5, 0.6) is 0 Å². The maximum absolute atomic E-state index is 6.95. The summed E-state index contributed by atoms with van der Waals surface area (Å²) in [5, 5.41) is 1.19. The fourth-order valence-corrected chi connectivity index (χ4v) is 4.52. The molecule has 3 rings (SSSR count). The van der Waals surface area contributed by atoms with E-state index < -0.39 is 5.54 Å². The molecule has 0 radical (unpaired) electrons. The fourth-order valence-electron chi connectivity index (χ4n) is 3.75. The number of aryl methyl sites for hydroxylation is 2. The Balaban J connectivity index is 0.00000243. The van der Waals surface area contributed by atoms with Crippen LogP contribution in [0.25, 0.3) is 0 Å². The van der Waals surface area contributed by atoms with Crippen LogP contribution in [0, 0.1) is 0 Å². The van der Waals surface area contributed by atoms with Crippen molar-refractivity contribution in [3.63, 3.8) is 0 Å². The highest BCUT2D eigenvalue weighted by Gasteiger charge is 2.44. The van der Waals surface area contributed by atoms with Gasteiger partial charge in [-0.15, -0.1) is 0 Å². The van der Waals surface area contributed by atoms with Crippen LogP contribution in [-0.2, 0) is 18.4 Å². The van der Waals surface area contributed by atoms with Crippen molar-refractivity contribution in [1.82, 2.24) is 26.1 Å². The Bertz CT molecular complexity index is 769. The molecule has 0 bridgehead atoms. The molecule has 142 valence electrons. The molecular formula is C18H26Cl2N6. The Hall–Kier alpha value is -1.34. The average Bonchev–Trinajstić information content (AvgIpc) is 2.63. The monoisotopic (exact) mass is 396 g/mol. The fraction of sp³-hybridized carbons (Fsp3) is 0.556. The summed E-state index contributed by atoms with van der Waals surface area (Å²) in [5.41, 5.74) is 9.43. The highest BCUT2D eigenvalue weighted by Crippen LogP contribution is 2.48. The van der Waals surface area contributed by atoms with E-state index in [9.17, 15) is 0 Å². The molecule has 0 saturated heterocycles. The van der Waals surface area contributed by atoms with Gasteiger partial charge in [-0.2, -0.15) is 0 Å². The van der Waals surface area contributed by atoms with Crippen LogP contribution < -0.4 is 11.9 Å². The van der Waals surface area contributed by atoms with Gasteiger partial charge in [0.25, 0.3) is 0 Å². The van der Waals surface area contributed by atoms with E-state index in [0.29, 0.717) is 15.7 Å². The highest BCUT2D eigenvalue weighted by molar-refractivity contribution is 6.32. The summed E-state index contributed by atoms with van der Waals surface area (Å²) in [6.07, 6.45) is 8.42. The second kappa shape index (κ2) is 8.57. The minimum absolute atomic E-state index is 0. The van der Waals surface area contributed by atoms with E-state index in [-0.39, 0.29) is 12.1 Å². The summed E-state index contributed by atoms with van der Waals surface area (Å²) in [4.78, 5) is 17.5. The molecule has 1 aliphatic carbocycles. The molecule has 1 saturated carbocycles. The van der Waals surface area contributed by atoms with E-state index in [1.807, 2.05) is 13.8 Å². The summed E-state index contributed by atoms with van der Waals surface area (Å²) < 4.78 is 0. The second-order valence-corrected chi connectivity index (χ2v) is 7.30. The van der Waals surface area contributed by atoms with Crippen molar-refractivity contribution in [1.29, 1.82) is 0 Å². The maximum Gasteiger partial charge on any atom is 0.116 e. The largest absolute Gasteiger partial charge is 0.344 e. The Morgan fingerprint density at radius 1 is 1.00 bits per heavy atom. The maximum atomic E-state index is 6.95. The van der Waals surface area contributed by atoms with Gasteiger partial charge in [-0.25, -0.2) is 19.9 Å². The van der Waals surface area contributed by atoms with Crippen LogP contribution in [0.4, 0.5) is 0 Å². The third kappa shape index (κ3) is 3.56. The molecule has 0 amide bonds. The zero-order valence-electron chi connectivity index (χ0n) is 15.3. The van der Waals surface area contributed by atoms with E-state index in [2.05, 4.69) is 19.9 Å². The molecule has 2 aromatic heterocycles. The quantitative estimate of drug-likeness (QED) is 0.792. The first-order valence-electron chi connectivity index (χ1n) is 8.80. The van der Waals surface area contributed by atoms with Gasteiger partial charge < -0.3 is 11.9 Å². The molecule has 0 aromatic carbocycles. The first-order chi connectivity index (χ1) is 12.0. The van der Waals surface area contributed by atoms with Crippen molar-refractivity contribution >= 4 is 23.2 Å². The standard InChI is InChI=1S/C18H23Cl2N5.H3N/c1-3-12-14(19)16(24-9-22-12)11-7-5-6-8-18(11,21)17-15(20)13(4-2)23-10-25-17;/h9-11H,3-8,21H2,1-2H3;1H3. The smallest absolute Gasteiger partial charge is 0.116 e. The second-order valence-electron chi connectivity index (χ2n) is 6.55. The lowest BCUT2D eigenvalue weighted by Gasteiger charge is -2.41. The van der Waals surface area contributed by atoms with E-state index in [0.717, 1.165) is 55.6 Å². The number of rotatable bonds is 4. The molecule has 0 aliphatic heterocycles. The summed E-state index contributed by atoms with van der Waals surface area (Å²) in [7, 11) is 0. The predicted molar refractivity (Wildman–Crippen MR) is 105 cm³/mol. The summed E-state index contributed by atoms with van der Waals surface area (Å²) in [5.74, 6) is -0.0424. The summed E-state index contributed by atoms with van der Waals surface area (Å²) in [6.45, 7) is 4.05. The Morgan fingerprint density at radius 3 is 2.27 bits per heavy atom. The molecule has 1 fully saturated rings. The molecule has 2 aromatic rings. The van der Waals surface area contributed by atoms with E-state index in [4.69, 9.17) is 28.9 Å². The number of nitrogens with zero attached hydrogens (tertiary/aromatic N) is 4. The number of hydrogen-bond donors (Lipinski definition) is 2. The SMILES string of the molecule is CCc1ncnc(C2CCCCC2(N)c2ncnc(CC)c2Cl)c1Cl.N. The zero-order valence-corrected chi connectivity index (χ0v) is 16.8. The van der Waals surface area contributed by atoms with Crippen molar-refractivity contribution in [2.24, 2.45) is 5.73 Å². The van der Waals surface area contributed by atoms with Gasteiger partial charge in [-0.05, 0) is 25.7 Å². The van der Waals surface area contributed by atoms with Crippen LogP contribution in [0.1, 0.15) is 68.2 Å². The first-order valence-corrected chi connectivity index (χ1v) is 9.56. The minimum atomic E-state index is -0.703. The lowest BCUT2D eigenvalue weighted by molar-refractivity contribution is 0.244. The van der Waals surface area contributed by atoms with Crippen molar-refractivity contribution in [2.45, 2.75) is 63.8 Å². The molecule has 1 aliphatic rings. The lowest BCUT2D eigenvalue weighted by atomic mass is 9.69. The van der Waals surface area contributed by atoms with Gasteiger partial charge in [0, 0.05) is 5.92 Å². The van der Waals surface area contributed by atoms with Gasteiger partial charge >= 0.3 is 0 Å². The highest BCUT2D eigenvalue weighted by atomic mass is 35.5. The molecule has 26 heavy (non-hydrogen) atoms. The van der Waals surface area contributed by atoms with E-state index >= 15 is 0 Å². The molecule has 2 heterocycles. The predicted octanol–water partition coefficient (Wildman–Crippen LogP) is 4.37. The molecule has 2 atom stereocenters. The Kier molecular flexibility index (Phi) is 6.91. The normalized spacial score (nSPS) is 22.7. The van der Waals surface area contributed by atoms with Gasteiger partial charge in [0.05, 0.1) is 38.4 Å². The van der Waals surface area contributed by atoms with Gasteiger partial charge in [-0.3, -0.25) is 0 Å². The van der Waals surface area contributed by atoms with Gasteiger partial charge in [-0.1, -0.05) is 49.9 Å². The Labute approximate surface area is 164 Å². The molecular weight excluding hydrogens is 371 g/mol. The molecule has 0 spiro atoms. The average molecular weight is 397 g/mol. The van der Waals surface area contributed by atoms with E-state index in [1.54, 1.807) is 12.7 Å². The molecule has 2 unspecified atom stereocenters. The van der Waals surface area contributed by atoms with Gasteiger partial charge in [0.2, 0.25) is 0 Å². The molecule has 6 nitrogen and oxygen atoms in total. The zero-order chi connectivity index (χ0) is 18.0. The molecule has 8 heteroatoms. The number of aromatic nitrogens is 4. The Morgan fingerprint density at radius 2 is 1.62 bits per heavy atom. The van der Waals surface area contributed by atoms with Crippen molar-refractivity contribution in [3.05, 3.63) is 45.5 Å². The third-order valence-electron chi connectivity index (χ3n) is 5.15. The van der Waals surface area contributed by atoms with Crippen LogP contribution in [0.2, 0.25) is 10.0 Å². The van der Waals surface area contributed by atoms with Crippen molar-refractivity contribution < 1.29 is 0 Å². The van der Waals surface area contributed by atoms with Crippen molar-refractivity contribution in [2.75, 3.05) is 0 Å². The minimum Gasteiger partial charge on any atom is -0.344 e. The number of halogens is 2. The summed E-state index contributed by atoms with van der Waals surface area (Å²) in [6, 6.07) is 0. The summed E-state index contributed by atoms with van der Waals surface area (Å²) >= 11 is 13.2. The van der Waals surface area contributed by atoms with Crippen LogP contribution in [0.3, 0.4) is 0 Å². The topological polar surface area (TPSA) is 113 Å². The van der Waals surface area contributed by atoms with Gasteiger partial charge in [0.1, 0.15) is 12.7 Å². The van der Waals surface area contributed by atoms with Crippen LogP contribution >= 0.6 is 23.2 Å². The van der Waals surface area contributed by atoms with Crippen LogP contribution in [-0.4, -0.2) is 19.9 Å². The van der Waals surface area contributed by atoms with E-state index in [1.165, 1.54) is 0 Å². The van der Waals surface area contributed by atoms with Crippen molar-refractivity contribution in [3.8, 4) is 0 Å². The van der Waals surface area contributed by atoms with Gasteiger partial charge in [0.15, 0.2) is 0 Å². The number of nitrogens with two attached hydrogens (primary N) is 1. The third-order valence-corrected chi connectivity index (χ3v) is 5.96. The molecule has 5 N–H and O–H groups in total. The first kappa shape index (κ1) is 21.0. The number of hydrogen-bond acceptors (Lipinski definition) is 6. The van der Waals surface area contributed by atoms with Crippen LogP contribution in [0.15, 0.2) is 12.7 Å².